The van der Waals surface area contributed by atoms with Crippen LogP contribution in [-0.4, -0.2) is 21.5 Å². The highest BCUT2D eigenvalue weighted by Crippen LogP contribution is 2.42. The first-order chi connectivity index (χ1) is 8.12. The van der Waals surface area contributed by atoms with Crippen LogP contribution in [0.4, 0.5) is 13.2 Å². The molecule has 0 N–H and O–H groups in total. The van der Waals surface area contributed by atoms with Crippen molar-refractivity contribution < 1.29 is 18.1 Å². The second kappa shape index (κ2) is 4.72. The van der Waals surface area contributed by atoms with Crippen molar-refractivity contribution in [2.24, 2.45) is 0 Å². The Kier molecular flexibility index (Phi) is 3.86. The van der Waals surface area contributed by atoms with Gasteiger partial charge in [0, 0.05) is 11.0 Å². The van der Waals surface area contributed by atoms with Gasteiger partial charge in [-0.2, -0.15) is 18.4 Å². The molecule has 4 nitrogen and oxygen atoms in total. The van der Waals surface area contributed by atoms with E-state index in [2.05, 4.69) is 15.9 Å². The predicted octanol–water partition coefficient (Wildman–Crippen LogP) is 3.13. The lowest BCUT2D eigenvalue weighted by Gasteiger charge is -2.29. The minimum atomic E-state index is -4.64. The fourth-order valence-electron chi connectivity index (χ4n) is 1.78. The molecule has 0 bridgehead atoms. The summed E-state index contributed by atoms with van der Waals surface area (Å²) in [4.78, 5) is 10.0. The number of nitriles is 1. The van der Waals surface area contributed by atoms with Crippen LogP contribution in [0.5, 0.6) is 0 Å². The molecule has 0 radical (unpaired) electrons. The molecule has 0 aromatic carbocycles. The van der Waals surface area contributed by atoms with E-state index in [1.165, 1.54) is 6.92 Å². The Hall–Kier alpha value is -1.36. The predicted molar refractivity (Wildman–Crippen MR) is 60.6 cm³/mol. The molecular formula is C10H8BrF3N2O2. The number of nitrogens with zero attached hydrogens (tertiary/aromatic N) is 2. The summed E-state index contributed by atoms with van der Waals surface area (Å²) in [7, 11) is 0. The topological polar surface area (TPSA) is 66.9 Å². The SMILES string of the molecule is CC1=CC(Br)(CC#N)C([N+](=O)[O-])C=C1C(F)(F)F. The lowest BCUT2D eigenvalue weighted by atomic mass is 9.85. The summed E-state index contributed by atoms with van der Waals surface area (Å²) in [5.74, 6) is 0. The van der Waals surface area contributed by atoms with E-state index in [-0.39, 0.29) is 12.0 Å². The normalized spacial score (nSPS) is 28.1. The Morgan fingerprint density at radius 3 is 2.61 bits per heavy atom. The Balaban J connectivity index is 3.31. The van der Waals surface area contributed by atoms with Crippen molar-refractivity contribution in [2.45, 2.75) is 29.9 Å². The van der Waals surface area contributed by atoms with Crippen molar-refractivity contribution in [1.82, 2.24) is 0 Å². The van der Waals surface area contributed by atoms with E-state index in [0.29, 0.717) is 6.08 Å². The molecule has 98 valence electrons. The third-order valence-corrected chi connectivity index (χ3v) is 3.56. The van der Waals surface area contributed by atoms with Gasteiger partial charge in [0.1, 0.15) is 4.32 Å². The molecule has 2 atom stereocenters. The largest absolute Gasteiger partial charge is 0.416 e. The van der Waals surface area contributed by atoms with Gasteiger partial charge in [0.2, 0.25) is 0 Å². The first kappa shape index (κ1) is 14.7. The van der Waals surface area contributed by atoms with Gasteiger partial charge in [0.05, 0.1) is 18.1 Å². The number of nitro groups is 1. The monoisotopic (exact) mass is 324 g/mol. The molecule has 1 aliphatic rings. The van der Waals surface area contributed by atoms with Gasteiger partial charge in [-0.05, 0) is 12.5 Å². The number of rotatable bonds is 2. The molecule has 1 rings (SSSR count). The summed E-state index contributed by atoms with van der Waals surface area (Å²) in [5, 5.41) is 19.5. The number of allylic oxidation sites excluding steroid dienone is 2. The summed E-state index contributed by atoms with van der Waals surface area (Å²) in [5.41, 5.74) is -1.16. The molecular weight excluding hydrogens is 317 g/mol. The van der Waals surface area contributed by atoms with Crippen LogP contribution in [0, 0.1) is 21.4 Å². The van der Waals surface area contributed by atoms with Crippen molar-refractivity contribution in [3.05, 3.63) is 33.4 Å². The lowest BCUT2D eigenvalue weighted by Crippen LogP contribution is -2.42. The maximum absolute atomic E-state index is 12.7. The molecule has 0 saturated carbocycles. The highest BCUT2D eigenvalue weighted by atomic mass is 79.9. The van der Waals surface area contributed by atoms with Crippen molar-refractivity contribution in [1.29, 1.82) is 5.26 Å². The Morgan fingerprint density at radius 2 is 2.22 bits per heavy atom. The van der Waals surface area contributed by atoms with Gasteiger partial charge in [0.25, 0.3) is 6.04 Å². The molecule has 0 heterocycles. The summed E-state index contributed by atoms with van der Waals surface area (Å²) >= 11 is 3.01. The quantitative estimate of drug-likeness (QED) is 0.445. The number of alkyl halides is 4. The highest BCUT2D eigenvalue weighted by molar-refractivity contribution is 9.10. The van der Waals surface area contributed by atoms with Gasteiger partial charge in [-0.3, -0.25) is 10.1 Å². The van der Waals surface area contributed by atoms with Crippen LogP contribution in [0.3, 0.4) is 0 Å². The number of hydrogen-bond donors (Lipinski definition) is 0. The number of halogens is 4. The van der Waals surface area contributed by atoms with Crippen molar-refractivity contribution >= 4 is 15.9 Å². The fourth-order valence-corrected chi connectivity index (χ4v) is 2.55. The van der Waals surface area contributed by atoms with E-state index in [9.17, 15) is 23.3 Å². The van der Waals surface area contributed by atoms with E-state index in [4.69, 9.17) is 5.26 Å². The second-order valence-corrected chi connectivity index (χ2v) is 5.37. The molecule has 0 amide bonds. The smallest absolute Gasteiger partial charge is 0.264 e. The third kappa shape index (κ3) is 2.72. The van der Waals surface area contributed by atoms with E-state index in [1.54, 1.807) is 6.07 Å². The molecule has 0 aliphatic heterocycles. The molecule has 0 fully saturated rings. The first-order valence-electron chi connectivity index (χ1n) is 4.80. The first-order valence-corrected chi connectivity index (χ1v) is 5.59. The van der Waals surface area contributed by atoms with Gasteiger partial charge in [0.15, 0.2) is 0 Å². The van der Waals surface area contributed by atoms with E-state index in [0.717, 1.165) is 6.08 Å². The van der Waals surface area contributed by atoms with E-state index < -0.39 is 27.0 Å². The zero-order valence-electron chi connectivity index (χ0n) is 9.16. The fraction of sp³-hybridized carbons (Fsp3) is 0.500. The third-order valence-electron chi connectivity index (χ3n) is 2.58. The summed E-state index contributed by atoms with van der Waals surface area (Å²) < 4.78 is 36.6. The van der Waals surface area contributed by atoms with E-state index in [1.807, 2.05) is 0 Å². The maximum atomic E-state index is 12.7. The lowest BCUT2D eigenvalue weighted by molar-refractivity contribution is -0.512. The van der Waals surface area contributed by atoms with Crippen molar-refractivity contribution in [3.8, 4) is 6.07 Å². The van der Waals surface area contributed by atoms with Gasteiger partial charge in [-0.25, -0.2) is 0 Å². The Bertz CT molecular complexity index is 478. The molecule has 8 heteroatoms. The summed E-state index contributed by atoms with van der Waals surface area (Å²) in [6.45, 7) is 1.21. The molecule has 0 aromatic rings. The molecule has 2 unspecified atom stereocenters. The van der Waals surface area contributed by atoms with Gasteiger partial charge in [-0.1, -0.05) is 22.0 Å². The molecule has 18 heavy (non-hydrogen) atoms. The van der Waals surface area contributed by atoms with Crippen LogP contribution >= 0.6 is 15.9 Å². The van der Waals surface area contributed by atoms with E-state index >= 15 is 0 Å². The average Bonchev–Trinajstić information content (AvgIpc) is 2.14. The molecule has 0 saturated heterocycles. The van der Waals surface area contributed by atoms with Crippen LogP contribution in [0.1, 0.15) is 13.3 Å². The van der Waals surface area contributed by atoms with Crippen LogP contribution in [0.2, 0.25) is 0 Å². The highest BCUT2D eigenvalue weighted by Gasteiger charge is 2.49. The van der Waals surface area contributed by atoms with Gasteiger partial charge >= 0.3 is 6.18 Å². The summed E-state index contributed by atoms with van der Waals surface area (Å²) in [6.07, 6.45) is -3.29. The van der Waals surface area contributed by atoms with Crippen molar-refractivity contribution in [3.63, 3.8) is 0 Å². The van der Waals surface area contributed by atoms with Crippen LogP contribution in [0.15, 0.2) is 23.3 Å². The standard InChI is InChI=1S/C10H8BrF3N2O2/c1-6-5-9(11,2-3-15)8(16(17)18)4-7(6)10(12,13)14/h4-5,8H,2H2,1H3. The minimum Gasteiger partial charge on any atom is -0.264 e. The maximum Gasteiger partial charge on any atom is 0.416 e. The minimum absolute atomic E-state index is 0.132. The Morgan fingerprint density at radius 1 is 1.67 bits per heavy atom. The zero-order valence-corrected chi connectivity index (χ0v) is 10.7. The van der Waals surface area contributed by atoms with Gasteiger partial charge in [-0.15, -0.1) is 0 Å². The van der Waals surface area contributed by atoms with Gasteiger partial charge < -0.3 is 0 Å². The Labute approximate surface area is 109 Å². The number of hydrogen-bond acceptors (Lipinski definition) is 3. The molecule has 0 aromatic heterocycles. The molecule has 1 aliphatic carbocycles. The summed E-state index contributed by atoms with van der Waals surface area (Å²) in [6, 6.07) is 0.103. The molecule has 0 spiro atoms. The van der Waals surface area contributed by atoms with Crippen LogP contribution < -0.4 is 0 Å². The average molecular weight is 325 g/mol. The zero-order chi connectivity index (χ0) is 14.1. The van der Waals surface area contributed by atoms with Crippen LogP contribution in [0.25, 0.3) is 0 Å². The van der Waals surface area contributed by atoms with Crippen molar-refractivity contribution in [2.75, 3.05) is 0 Å². The van der Waals surface area contributed by atoms with Crippen LogP contribution in [-0.2, 0) is 0 Å². The second-order valence-electron chi connectivity index (χ2n) is 3.90.